The maximum atomic E-state index is 4.00. The summed E-state index contributed by atoms with van der Waals surface area (Å²) in [6.07, 6.45) is 0. The van der Waals surface area contributed by atoms with E-state index in [2.05, 4.69) is 227 Å². The van der Waals surface area contributed by atoms with E-state index in [1.807, 2.05) is 0 Å². The Kier molecular flexibility index (Phi) is 7.95. The fourth-order valence-electron chi connectivity index (χ4n) is 8.00. The highest BCUT2D eigenvalue weighted by molar-refractivity contribution is 9.10. The first-order chi connectivity index (χ1) is 25.2. The van der Waals surface area contributed by atoms with E-state index in [4.69, 9.17) is 0 Å². The van der Waals surface area contributed by atoms with Crippen LogP contribution in [0.2, 0.25) is 0 Å². The van der Waals surface area contributed by atoms with Crippen LogP contribution in [0.3, 0.4) is 0 Å². The van der Waals surface area contributed by atoms with Gasteiger partial charge in [0, 0.05) is 21.4 Å². The second-order valence-corrected chi connectivity index (χ2v) is 13.9. The van der Waals surface area contributed by atoms with E-state index in [0.717, 1.165) is 21.5 Å². The number of nitrogens with zero attached hydrogens (tertiary/aromatic N) is 1. The van der Waals surface area contributed by atoms with Crippen molar-refractivity contribution in [2.24, 2.45) is 0 Å². The van der Waals surface area contributed by atoms with Crippen molar-refractivity contribution < 1.29 is 0 Å². The molecule has 0 saturated heterocycles. The summed E-state index contributed by atoms with van der Waals surface area (Å²) in [5.74, 6) is 0. The molecule has 1 aliphatic carbocycles. The van der Waals surface area contributed by atoms with Crippen molar-refractivity contribution in [2.45, 2.75) is 5.41 Å². The van der Waals surface area contributed by atoms with Crippen LogP contribution in [0.1, 0.15) is 22.3 Å². The Labute approximate surface area is 308 Å². The first-order valence-corrected chi connectivity index (χ1v) is 18.2. The molecule has 0 amide bonds. The molecule has 1 aliphatic rings. The quantitative estimate of drug-likeness (QED) is 0.159. The van der Waals surface area contributed by atoms with Crippen LogP contribution < -0.4 is 4.90 Å². The van der Waals surface area contributed by atoms with Crippen LogP contribution in [-0.4, -0.2) is 0 Å². The van der Waals surface area contributed by atoms with E-state index < -0.39 is 5.41 Å². The third-order valence-corrected chi connectivity index (χ3v) is 10.9. The van der Waals surface area contributed by atoms with E-state index in [1.54, 1.807) is 0 Å². The van der Waals surface area contributed by atoms with E-state index in [0.29, 0.717) is 0 Å². The molecule has 0 spiro atoms. The summed E-state index contributed by atoms with van der Waals surface area (Å²) in [7, 11) is 0. The van der Waals surface area contributed by atoms with Gasteiger partial charge in [-0.15, -0.1) is 0 Å². The molecule has 0 radical (unpaired) electrons. The summed E-state index contributed by atoms with van der Waals surface area (Å²) in [6.45, 7) is 0. The lowest BCUT2D eigenvalue weighted by molar-refractivity contribution is 0.764. The lowest BCUT2D eigenvalue weighted by Gasteiger charge is -2.35. The molecular weight excluding hydrogens is 682 g/mol. The van der Waals surface area contributed by atoms with E-state index in [1.165, 1.54) is 55.6 Å². The summed E-state index contributed by atoms with van der Waals surface area (Å²) in [6, 6.07) is 74.7. The Morgan fingerprint density at radius 2 is 0.804 bits per heavy atom. The monoisotopic (exact) mass is 715 g/mol. The van der Waals surface area contributed by atoms with Crippen LogP contribution in [0.5, 0.6) is 0 Å². The number of rotatable bonds is 7. The first kappa shape index (κ1) is 31.1. The van der Waals surface area contributed by atoms with Crippen molar-refractivity contribution in [3.8, 4) is 33.4 Å². The second kappa shape index (κ2) is 13.1. The molecule has 0 bridgehead atoms. The van der Waals surface area contributed by atoms with Gasteiger partial charge >= 0.3 is 0 Å². The van der Waals surface area contributed by atoms with Crippen molar-refractivity contribution in [1.82, 2.24) is 0 Å². The second-order valence-electron chi connectivity index (χ2n) is 13.0. The molecule has 8 aromatic carbocycles. The maximum absolute atomic E-state index is 4.00. The molecule has 2 heteroatoms. The lowest BCUT2D eigenvalue weighted by atomic mass is 9.67. The molecule has 8 aromatic rings. The Hall–Kier alpha value is -5.96. The number of fused-ring (bicyclic) bond motifs is 3. The molecule has 51 heavy (non-hydrogen) atoms. The third kappa shape index (κ3) is 5.23. The topological polar surface area (TPSA) is 3.24 Å². The molecule has 0 fully saturated rings. The van der Waals surface area contributed by atoms with E-state index in [-0.39, 0.29) is 0 Å². The average molecular weight is 717 g/mol. The molecular formula is C49H34BrN. The normalized spacial score (nSPS) is 14.5. The van der Waals surface area contributed by atoms with Crippen LogP contribution in [0, 0.1) is 0 Å². The minimum Gasteiger partial charge on any atom is -0.310 e. The number of benzene rings is 8. The zero-order valence-corrected chi connectivity index (χ0v) is 29.5. The van der Waals surface area contributed by atoms with Crippen molar-refractivity contribution in [3.63, 3.8) is 0 Å². The highest BCUT2D eigenvalue weighted by Crippen LogP contribution is 2.60. The van der Waals surface area contributed by atoms with Crippen LogP contribution in [0.25, 0.3) is 33.4 Å². The van der Waals surface area contributed by atoms with Gasteiger partial charge in [-0.1, -0.05) is 186 Å². The molecule has 0 N–H and O–H groups in total. The molecule has 9 rings (SSSR count). The number of hydrogen-bond acceptors (Lipinski definition) is 1. The number of halogens is 1. The largest absolute Gasteiger partial charge is 0.310 e. The van der Waals surface area contributed by atoms with Gasteiger partial charge in [-0.3, -0.25) is 0 Å². The van der Waals surface area contributed by atoms with Crippen molar-refractivity contribution in [1.29, 1.82) is 0 Å². The fraction of sp³-hybridized carbons (Fsp3) is 0.0204. The minimum absolute atomic E-state index is 0.525. The van der Waals surface area contributed by atoms with Gasteiger partial charge in [0.2, 0.25) is 0 Å². The molecule has 0 aromatic heterocycles. The Morgan fingerprint density at radius 3 is 1.37 bits per heavy atom. The lowest BCUT2D eigenvalue weighted by Crippen LogP contribution is -2.29. The molecule has 1 atom stereocenters. The summed E-state index contributed by atoms with van der Waals surface area (Å²) < 4.78 is 1.09. The number of anilines is 3. The van der Waals surface area contributed by atoms with Crippen LogP contribution >= 0.6 is 15.9 Å². The summed E-state index contributed by atoms with van der Waals surface area (Å²) >= 11 is 4.00. The van der Waals surface area contributed by atoms with Gasteiger partial charge in [0.25, 0.3) is 0 Å². The molecule has 0 aliphatic heterocycles. The first-order valence-electron chi connectivity index (χ1n) is 17.4. The minimum atomic E-state index is -0.525. The molecule has 1 nitrogen and oxygen atoms in total. The van der Waals surface area contributed by atoms with Crippen LogP contribution in [-0.2, 0) is 5.41 Å². The van der Waals surface area contributed by atoms with Crippen molar-refractivity contribution in [2.75, 3.05) is 4.90 Å². The zero-order valence-electron chi connectivity index (χ0n) is 28.0. The Bertz CT molecular complexity index is 2370. The molecule has 1 unspecified atom stereocenters. The van der Waals surface area contributed by atoms with Crippen LogP contribution in [0.4, 0.5) is 17.1 Å². The summed E-state index contributed by atoms with van der Waals surface area (Å²) in [5.41, 5.74) is 15.1. The summed E-state index contributed by atoms with van der Waals surface area (Å²) in [4.78, 5) is 2.43. The fourth-order valence-corrected chi connectivity index (χ4v) is 8.58. The smallest absolute Gasteiger partial charge is 0.0725 e. The van der Waals surface area contributed by atoms with Gasteiger partial charge in [0.1, 0.15) is 0 Å². The SMILES string of the molecule is Brc1ccccc1C1(c2ccccc2)c2ccccc2-c2c(N(c3ccc(-c4ccccc4)cc3)c3ccc(-c4ccccc4)cc3)cccc21. The average Bonchev–Trinajstić information content (AvgIpc) is 3.51. The third-order valence-electron chi connectivity index (χ3n) is 10.2. The standard InChI is InChI=1S/C49H34BrN/c50-46-25-13-12-23-44(46)49(39-19-8-3-9-20-39)43-22-11-10-21-42(43)48-45(49)24-14-26-47(48)51(40-31-27-37(28-32-40)35-15-4-1-5-16-35)41-33-29-38(30-34-41)36-17-6-2-7-18-36/h1-34H. The highest BCUT2D eigenvalue weighted by Gasteiger charge is 2.48. The van der Waals surface area contributed by atoms with Gasteiger partial charge in [-0.05, 0) is 86.5 Å². The zero-order chi connectivity index (χ0) is 34.2. The van der Waals surface area contributed by atoms with E-state index >= 15 is 0 Å². The molecule has 0 heterocycles. The van der Waals surface area contributed by atoms with E-state index in [9.17, 15) is 0 Å². The predicted molar refractivity (Wildman–Crippen MR) is 217 cm³/mol. The van der Waals surface area contributed by atoms with Crippen molar-refractivity contribution >= 4 is 33.0 Å². The predicted octanol–water partition coefficient (Wildman–Crippen LogP) is 13.6. The van der Waals surface area contributed by atoms with Gasteiger partial charge in [0.15, 0.2) is 0 Å². The number of hydrogen-bond donors (Lipinski definition) is 0. The van der Waals surface area contributed by atoms with Gasteiger partial charge in [-0.2, -0.15) is 0 Å². The van der Waals surface area contributed by atoms with Crippen LogP contribution in [0.15, 0.2) is 211 Å². The maximum Gasteiger partial charge on any atom is 0.0725 e. The Morgan fingerprint density at radius 1 is 0.353 bits per heavy atom. The summed E-state index contributed by atoms with van der Waals surface area (Å²) in [5, 5.41) is 0. The Balaban J connectivity index is 1.30. The van der Waals surface area contributed by atoms with Crippen molar-refractivity contribution in [3.05, 3.63) is 233 Å². The van der Waals surface area contributed by atoms with Gasteiger partial charge < -0.3 is 4.90 Å². The molecule has 242 valence electrons. The van der Waals surface area contributed by atoms with Gasteiger partial charge in [0.05, 0.1) is 11.1 Å². The van der Waals surface area contributed by atoms with Gasteiger partial charge in [-0.25, -0.2) is 0 Å². The highest BCUT2D eigenvalue weighted by atomic mass is 79.9. The molecule has 0 saturated carbocycles.